The van der Waals surface area contributed by atoms with Gasteiger partial charge in [0.1, 0.15) is 89.4 Å². The average molecular weight is 1740 g/mol. The Kier molecular flexibility index (Phi) is 20.3. The summed E-state index contributed by atoms with van der Waals surface area (Å²) in [5.41, 5.74) is -1.27. The van der Waals surface area contributed by atoms with Crippen molar-refractivity contribution in [2.24, 2.45) is 0 Å². The predicted molar refractivity (Wildman–Crippen MR) is 437 cm³/mol. The molecule has 0 bridgehead atoms. The van der Waals surface area contributed by atoms with Crippen LogP contribution in [0.1, 0.15) is 72.2 Å². The zero-order valence-corrected chi connectivity index (χ0v) is 69.9. The van der Waals surface area contributed by atoms with Crippen LogP contribution in [0.2, 0.25) is 0 Å². The van der Waals surface area contributed by atoms with Crippen molar-refractivity contribution in [1.29, 1.82) is 0 Å². The van der Waals surface area contributed by atoms with Gasteiger partial charge < -0.3 is 37.9 Å². The number of benzene rings is 6. The Labute approximate surface area is 716 Å². The second-order valence-electron chi connectivity index (χ2n) is 31.6. The van der Waals surface area contributed by atoms with Crippen LogP contribution in [-0.4, -0.2) is 285 Å². The molecule has 36 nitrogen and oxygen atoms in total. The molecule has 16 amide bonds. The van der Waals surface area contributed by atoms with Crippen molar-refractivity contribution >= 4 is 117 Å². The standard InChI is InChI=1S/C82H84N16O20S4/c1-79-81(3)95-47-87-65-63-83(67(87)99)45-85-64-66-89(69(85)101)49-97-73(105)93-39-57-58(62(114-32-36-122-78(110)118-44-54-23-15-8-16-24-54)28-27-61(57)113-31-35-121-77(109)117-43-53-21-13-7-14-22-53)40-94-74(106)98(82(97,4)80(93,94)2)50-90(66)70(102)86(64)46-84(63)68(100)88(65)48-96(81)72(104)92(79)38-56-55(37-91(79)71(95)103)59(111-29-33-119-75(107)115-41-51-17-9-5-10-18-51)25-26-60(56)112-30-34-120-76(108)116-42-52-19-11-6-12-20-52/h5-28,63-66H,29-50H2,1-4H3/t63-,64+,65+,66-,79+,80-,81-,82+. The van der Waals surface area contributed by atoms with E-state index < -0.39 is 157 Å². The molecule has 0 radical (unpaired) electrons. The summed E-state index contributed by atoms with van der Waals surface area (Å²) in [4.78, 5) is 203. The van der Waals surface area contributed by atoms with E-state index in [1.165, 1.54) is 58.8 Å². The lowest BCUT2D eigenvalue weighted by Gasteiger charge is -2.49. The van der Waals surface area contributed by atoms with Crippen molar-refractivity contribution in [3.8, 4) is 23.0 Å². The molecule has 13 heterocycles. The zero-order chi connectivity index (χ0) is 84.4. The van der Waals surface area contributed by atoms with Gasteiger partial charge in [0, 0.05) is 45.3 Å². The summed E-state index contributed by atoms with van der Waals surface area (Å²) in [6.07, 6.45) is -4.95. The normalized spacial score (nSPS) is 25.2. The fraction of sp³-hybridized carbons (Fsp3) is 0.415. The summed E-state index contributed by atoms with van der Waals surface area (Å²) in [5.74, 6) is 1.99. The summed E-state index contributed by atoms with van der Waals surface area (Å²) in [6.45, 7) is 3.69. The third-order valence-corrected chi connectivity index (χ3v) is 28.6. The number of carbonyl (C=O) groups is 12. The number of urea groups is 8. The summed E-state index contributed by atoms with van der Waals surface area (Å²) in [5, 5.41) is -2.05. The second-order valence-corrected chi connectivity index (χ2v) is 35.7. The molecule has 122 heavy (non-hydrogen) atoms. The van der Waals surface area contributed by atoms with Gasteiger partial charge in [-0.25, -0.2) is 57.5 Å². The predicted octanol–water partition coefficient (Wildman–Crippen LogP) is 11.1. The van der Waals surface area contributed by atoms with Crippen molar-refractivity contribution in [1.82, 2.24) is 78.4 Å². The number of fused-ring (bicyclic) bond motifs is 2. The highest BCUT2D eigenvalue weighted by molar-refractivity contribution is 8.14. The Balaban J connectivity index is 0.589. The van der Waals surface area contributed by atoms with Crippen LogP contribution < -0.4 is 18.9 Å². The number of ether oxygens (including phenoxy) is 8. The van der Waals surface area contributed by atoms with Crippen LogP contribution in [0.4, 0.5) is 57.5 Å². The van der Waals surface area contributed by atoms with Crippen molar-refractivity contribution < 1.29 is 95.4 Å². The van der Waals surface area contributed by atoms with E-state index in [0.717, 1.165) is 69.3 Å². The summed E-state index contributed by atoms with van der Waals surface area (Å²) < 4.78 is 48.0. The molecular weight excluding hydrogens is 1660 g/mol. The molecule has 0 N–H and O–H groups in total. The van der Waals surface area contributed by atoms with Gasteiger partial charge in [-0.1, -0.05) is 121 Å². The number of nitrogens with zero attached hydrogens (tertiary/aromatic N) is 16. The third-order valence-electron chi connectivity index (χ3n) is 25.7. The molecule has 19 rings (SSSR count). The number of rotatable bonds is 24. The van der Waals surface area contributed by atoms with E-state index in [4.69, 9.17) is 37.9 Å². The van der Waals surface area contributed by atoms with Crippen LogP contribution in [0.5, 0.6) is 23.0 Å². The first-order valence-electron chi connectivity index (χ1n) is 39.8. The Hall–Kier alpha value is -12.0. The van der Waals surface area contributed by atoms with Gasteiger partial charge in [-0.3, -0.25) is 78.4 Å². The Morgan fingerprint density at radius 1 is 0.279 bits per heavy atom. The van der Waals surface area contributed by atoms with Crippen molar-refractivity contribution in [3.05, 3.63) is 190 Å². The Morgan fingerprint density at radius 3 is 0.689 bits per heavy atom. The van der Waals surface area contributed by atoms with Crippen LogP contribution in [0.3, 0.4) is 0 Å². The topological polar surface area (TPSA) is 331 Å². The van der Waals surface area contributed by atoms with Crippen LogP contribution in [0.15, 0.2) is 146 Å². The molecule has 636 valence electrons. The minimum Gasteiger partial charge on any atom is -0.492 e. The molecule has 0 saturated carbocycles. The number of hydrogen-bond acceptors (Lipinski definition) is 24. The lowest BCUT2D eigenvalue weighted by molar-refractivity contribution is -0.0871. The number of carbonyl (C=O) groups excluding carboxylic acids is 12. The molecule has 13 aliphatic heterocycles. The van der Waals surface area contributed by atoms with Crippen LogP contribution in [0, 0.1) is 0 Å². The minimum absolute atomic E-state index is 0.0115. The lowest BCUT2D eigenvalue weighted by atomic mass is 9.95. The molecule has 11 saturated heterocycles. The van der Waals surface area contributed by atoms with E-state index in [1.807, 2.05) is 121 Å². The van der Waals surface area contributed by atoms with Gasteiger partial charge in [-0.2, -0.15) is 0 Å². The number of thioether (sulfide) groups is 4. The molecular formula is C82H84N16O20S4. The van der Waals surface area contributed by atoms with E-state index in [1.54, 1.807) is 71.6 Å². The molecule has 13 aliphatic rings. The average Bonchev–Trinajstić information content (AvgIpc) is 1.49. The highest BCUT2D eigenvalue weighted by Gasteiger charge is 2.80. The molecule has 0 unspecified atom stereocenters. The summed E-state index contributed by atoms with van der Waals surface area (Å²) in [7, 11) is 0. The Bertz CT molecular complexity index is 4670. The molecule has 0 aromatic heterocycles. The van der Waals surface area contributed by atoms with Gasteiger partial charge >= 0.3 is 69.5 Å². The van der Waals surface area contributed by atoms with E-state index in [2.05, 4.69) is 0 Å². The maximum Gasteiger partial charge on any atom is 0.367 e. The molecule has 6 aromatic carbocycles. The van der Waals surface area contributed by atoms with Crippen molar-refractivity contribution in [2.75, 3.05) is 89.5 Å². The third kappa shape index (κ3) is 12.7. The van der Waals surface area contributed by atoms with Crippen LogP contribution in [-0.2, 0) is 71.6 Å². The molecule has 0 atom stereocenters. The lowest BCUT2D eigenvalue weighted by Crippen LogP contribution is -2.69. The maximum absolute atomic E-state index is 16.0. The highest BCUT2D eigenvalue weighted by atomic mass is 32.2. The van der Waals surface area contributed by atoms with Crippen molar-refractivity contribution in [2.45, 2.75) is 128 Å². The van der Waals surface area contributed by atoms with E-state index in [9.17, 15) is 19.2 Å². The largest absolute Gasteiger partial charge is 0.492 e. The minimum atomic E-state index is -1.66. The monoisotopic (exact) mass is 1740 g/mol. The molecule has 6 aromatic rings. The smallest absolute Gasteiger partial charge is 0.367 e. The summed E-state index contributed by atoms with van der Waals surface area (Å²) >= 11 is 3.70. The van der Waals surface area contributed by atoms with Gasteiger partial charge in [-0.05, 0) is 121 Å². The van der Waals surface area contributed by atoms with Gasteiger partial charge in [0.2, 0.25) is 0 Å². The number of amides is 16. The van der Waals surface area contributed by atoms with Gasteiger partial charge in [0.15, 0.2) is 47.3 Å². The maximum atomic E-state index is 16.0. The van der Waals surface area contributed by atoms with Crippen LogP contribution >= 0.6 is 47.0 Å². The quantitative estimate of drug-likeness (QED) is 0.0309. The van der Waals surface area contributed by atoms with Gasteiger partial charge in [0.05, 0.1) is 52.6 Å². The SMILES string of the molecule is C[C@]12N3Cc4c(OCCSC(=O)OCc5ccccc5)ccc(OCCSC(=O)OCc5ccccc5)c4CN1C(=O)N1CN4C(=O)N5CN6C(=O)N7CN8C(=O)N9Cc%10c(OCCSC(=O)OCc%11ccccc%11)ccc(OCCSC(=O)OCc%11ccccc%11)c%10CN%10C(=O)N(CN%11C(=O)N(CN%12C(=O)N(CN(C3=O)[C@]12C)[C@@H]4[C@H]%125)[C@@H]6[C@H]%117)[C@]8(C)[C@@]9%10C. The summed E-state index contributed by atoms with van der Waals surface area (Å²) in [6, 6.07) is 38.7. The van der Waals surface area contributed by atoms with E-state index in [0.29, 0.717) is 45.3 Å². The fourth-order valence-corrected chi connectivity index (χ4v) is 21.2. The second kappa shape index (κ2) is 31.1. The first kappa shape index (κ1) is 79.7. The molecule has 11 fully saturated rings. The zero-order valence-electron chi connectivity index (χ0n) is 66.7. The van der Waals surface area contributed by atoms with Gasteiger partial charge in [-0.15, -0.1) is 0 Å². The van der Waals surface area contributed by atoms with Crippen LogP contribution in [0.25, 0.3) is 0 Å². The van der Waals surface area contributed by atoms with Gasteiger partial charge in [0.25, 0.3) is 0 Å². The highest BCUT2D eigenvalue weighted by Crippen LogP contribution is 2.60. The molecule has 0 aliphatic carbocycles. The first-order chi connectivity index (χ1) is 59.0. The van der Waals surface area contributed by atoms with E-state index >= 15 is 38.4 Å². The molecule has 40 heteroatoms. The number of hydrogen-bond donors (Lipinski definition) is 0. The van der Waals surface area contributed by atoms with E-state index in [-0.39, 0.29) is 102 Å². The van der Waals surface area contributed by atoms with Crippen molar-refractivity contribution in [3.63, 3.8) is 0 Å². The molecule has 0 spiro atoms. The fourth-order valence-electron chi connectivity index (χ4n) is 19.3. The first-order valence-corrected chi connectivity index (χ1v) is 43.8. The Morgan fingerprint density at radius 2 is 0.475 bits per heavy atom.